The third-order valence-corrected chi connectivity index (χ3v) is 5.20. The normalized spacial score (nSPS) is 47.4. The first-order valence-corrected chi connectivity index (χ1v) is 6.99. The van der Waals surface area contributed by atoms with Gasteiger partial charge in [0.15, 0.2) is 0 Å². The van der Waals surface area contributed by atoms with Crippen molar-refractivity contribution in [2.45, 2.75) is 70.6 Å². The van der Waals surface area contributed by atoms with Gasteiger partial charge in [-0.1, -0.05) is 13.8 Å². The number of likely N-dealkylation sites (tertiary alicyclic amines) is 1. The van der Waals surface area contributed by atoms with Gasteiger partial charge in [0.1, 0.15) is 0 Å². The summed E-state index contributed by atoms with van der Waals surface area (Å²) >= 11 is 0. The summed E-state index contributed by atoms with van der Waals surface area (Å²) in [5, 5.41) is 10.2. The molecule has 2 bridgehead atoms. The van der Waals surface area contributed by atoms with Crippen molar-refractivity contribution in [2.75, 3.05) is 6.54 Å². The van der Waals surface area contributed by atoms with Gasteiger partial charge in [-0.25, -0.2) is 0 Å². The van der Waals surface area contributed by atoms with Gasteiger partial charge in [0, 0.05) is 18.6 Å². The molecule has 2 heteroatoms. The van der Waals surface area contributed by atoms with Gasteiger partial charge in [0.25, 0.3) is 0 Å². The molecule has 0 amide bonds. The Hall–Kier alpha value is -0.0800. The number of rotatable bonds is 1. The Morgan fingerprint density at radius 1 is 1.19 bits per heavy atom. The van der Waals surface area contributed by atoms with Gasteiger partial charge < -0.3 is 5.11 Å². The molecular formula is C14H25NO. The number of piperidine rings is 1. The second-order valence-corrected chi connectivity index (χ2v) is 7.07. The van der Waals surface area contributed by atoms with Crippen molar-refractivity contribution >= 4 is 0 Å². The molecule has 3 aliphatic rings. The minimum absolute atomic E-state index is 0.0626. The predicted octanol–water partition coefficient (Wildman–Crippen LogP) is 2.41. The summed E-state index contributed by atoms with van der Waals surface area (Å²) in [6, 6.07) is 1.26. The van der Waals surface area contributed by atoms with E-state index in [2.05, 4.69) is 18.7 Å². The van der Waals surface area contributed by atoms with Crippen LogP contribution in [0.2, 0.25) is 0 Å². The lowest BCUT2D eigenvalue weighted by Crippen LogP contribution is -2.51. The molecule has 2 nitrogen and oxygen atoms in total. The van der Waals surface area contributed by atoms with Crippen molar-refractivity contribution in [2.24, 2.45) is 11.3 Å². The zero-order chi connectivity index (χ0) is 11.3. The highest BCUT2D eigenvalue weighted by molar-refractivity contribution is 5.00. The van der Waals surface area contributed by atoms with E-state index in [0.29, 0.717) is 11.5 Å². The van der Waals surface area contributed by atoms with Gasteiger partial charge in [0.2, 0.25) is 0 Å². The third-order valence-electron chi connectivity index (χ3n) is 5.20. The molecule has 1 aliphatic heterocycles. The van der Waals surface area contributed by atoms with Crippen molar-refractivity contribution in [1.29, 1.82) is 0 Å². The molecule has 3 fully saturated rings. The minimum Gasteiger partial charge on any atom is -0.391 e. The molecule has 0 spiro atoms. The van der Waals surface area contributed by atoms with Gasteiger partial charge in [0.05, 0.1) is 6.10 Å². The molecule has 1 heterocycles. The first-order valence-electron chi connectivity index (χ1n) is 6.99. The summed E-state index contributed by atoms with van der Waals surface area (Å²) in [4.78, 5) is 2.65. The smallest absolute Gasteiger partial charge is 0.0695 e. The Morgan fingerprint density at radius 3 is 2.62 bits per heavy atom. The van der Waals surface area contributed by atoms with Gasteiger partial charge in [-0.3, -0.25) is 4.90 Å². The summed E-state index contributed by atoms with van der Waals surface area (Å²) in [5.41, 5.74) is 0.436. The molecule has 92 valence electrons. The quantitative estimate of drug-likeness (QED) is 0.738. The maximum atomic E-state index is 10.2. The van der Waals surface area contributed by atoms with Crippen LogP contribution in [0.3, 0.4) is 0 Å². The van der Waals surface area contributed by atoms with E-state index in [-0.39, 0.29) is 6.10 Å². The molecule has 2 saturated carbocycles. The first-order chi connectivity index (χ1) is 7.55. The number of aliphatic hydroxyl groups is 1. The van der Waals surface area contributed by atoms with Crippen molar-refractivity contribution in [3.63, 3.8) is 0 Å². The van der Waals surface area contributed by atoms with Crippen molar-refractivity contribution < 1.29 is 5.11 Å². The van der Waals surface area contributed by atoms with E-state index in [1.54, 1.807) is 0 Å². The Bertz CT molecular complexity index is 276. The molecule has 4 atom stereocenters. The summed E-state index contributed by atoms with van der Waals surface area (Å²) in [5.74, 6) is 0.947. The van der Waals surface area contributed by atoms with E-state index in [4.69, 9.17) is 0 Å². The fourth-order valence-electron chi connectivity index (χ4n) is 4.24. The monoisotopic (exact) mass is 223 g/mol. The molecule has 0 aromatic rings. The minimum atomic E-state index is -0.0626. The largest absolute Gasteiger partial charge is 0.391 e. The molecular weight excluding hydrogens is 198 g/mol. The van der Waals surface area contributed by atoms with Crippen molar-refractivity contribution in [3.05, 3.63) is 0 Å². The molecule has 0 radical (unpaired) electrons. The zero-order valence-corrected chi connectivity index (χ0v) is 10.7. The van der Waals surface area contributed by atoms with E-state index in [1.807, 2.05) is 0 Å². The van der Waals surface area contributed by atoms with Crippen LogP contribution in [0.1, 0.15) is 52.4 Å². The molecule has 1 N–H and O–H groups in total. The van der Waals surface area contributed by atoms with Crippen LogP contribution >= 0.6 is 0 Å². The summed E-state index contributed by atoms with van der Waals surface area (Å²) in [7, 11) is 0. The maximum absolute atomic E-state index is 10.2. The second kappa shape index (κ2) is 3.71. The maximum Gasteiger partial charge on any atom is 0.0695 e. The van der Waals surface area contributed by atoms with E-state index in [0.717, 1.165) is 18.4 Å². The Balaban J connectivity index is 1.73. The molecule has 16 heavy (non-hydrogen) atoms. The number of hydrogen-bond acceptors (Lipinski definition) is 2. The number of aliphatic hydroxyl groups excluding tert-OH is 1. The third kappa shape index (κ3) is 1.80. The van der Waals surface area contributed by atoms with Gasteiger partial charge in [-0.15, -0.1) is 0 Å². The average molecular weight is 223 g/mol. The highest BCUT2D eigenvalue weighted by Crippen LogP contribution is 2.44. The Kier molecular flexibility index (Phi) is 2.56. The van der Waals surface area contributed by atoms with Gasteiger partial charge >= 0.3 is 0 Å². The average Bonchev–Trinajstić information content (AvgIpc) is 2.83. The first kappa shape index (κ1) is 11.0. The topological polar surface area (TPSA) is 23.5 Å². The van der Waals surface area contributed by atoms with Crippen LogP contribution in [0.25, 0.3) is 0 Å². The molecule has 4 unspecified atom stereocenters. The van der Waals surface area contributed by atoms with Crippen LogP contribution in [-0.2, 0) is 0 Å². The van der Waals surface area contributed by atoms with Crippen LogP contribution in [0.4, 0.5) is 0 Å². The molecule has 0 aromatic heterocycles. The Morgan fingerprint density at radius 2 is 2.00 bits per heavy atom. The fraction of sp³-hybridized carbons (Fsp3) is 1.00. The number of hydrogen-bond donors (Lipinski definition) is 1. The molecule has 3 rings (SSSR count). The van der Waals surface area contributed by atoms with E-state index in [1.165, 1.54) is 38.6 Å². The molecule has 2 aliphatic carbocycles. The van der Waals surface area contributed by atoms with Gasteiger partial charge in [-0.05, 0) is 49.9 Å². The molecule has 1 saturated heterocycles. The van der Waals surface area contributed by atoms with E-state index < -0.39 is 0 Å². The van der Waals surface area contributed by atoms with E-state index in [9.17, 15) is 5.11 Å². The fourth-order valence-corrected chi connectivity index (χ4v) is 4.24. The SMILES string of the molecule is CC1(C)CCC(O)C(N2CC3CCC2C3)C1. The Labute approximate surface area is 99.0 Å². The van der Waals surface area contributed by atoms with Crippen molar-refractivity contribution in [1.82, 2.24) is 4.90 Å². The van der Waals surface area contributed by atoms with Crippen molar-refractivity contribution in [3.8, 4) is 0 Å². The van der Waals surface area contributed by atoms with Crippen LogP contribution in [0.15, 0.2) is 0 Å². The van der Waals surface area contributed by atoms with E-state index >= 15 is 0 Å². The standard InChI is InChI=1S/C14H25NO/c1-14(2)6-5-13(16)12(8-14)15-9-10-3-4-11(15)7-10/h10-13,16H,3-9H2,1-2H3. The second-order valence-electron chi connectivity index (χ2n) is 7.07. The number of nitrogens with zero attached hydrogens (tertiary/aromatic N) is 1. The van der Waals surface area contributed by atoms with Crippen LogP contribution in [-0.4, -0.2) is 34.7 Å². The van der Waals surface area contributed by atoms with Gasteiger partial charge in [-0.2, -0.15) is 0 Å². The lowest BCUT2D eigenvalue weighted by atomic mass is 9.73. The van der Waals surface area contributed by atoms with Crippen LogP contribution in [0.5, 0.6) is 0 Å². The summed E-state index contributed by atoms with van der Waals surface area (Å²) in [6.45, 7) is 5.99. The highest BCUT2D eigenvalue weighted by Gasteiger charge is 2.45. The number of fused-ring (bicyclic) bond motifs is 2. The summed E-state index contributed by atoms with van der Waals surface area (Å²) in [6.07, 6.45) is 7.55. The lowest BCUT2D eigenvalue weighted by Gasteiger charge is -2.45. The zero-order valence-electron chi connectivity index (χ0n) is 10.7. The van der Waals surface area contributed by atoms with Crippen LogP contribution in [0, 0.1) is 11.3 Å². The predicted molar refractivity (Wildman–Crippen MR) is 65.3 cm³/mol. The molecule has 0 aromatic carbocycles. The highest BCUT2D eigenvalue weighted by atomic mass is 16.3. The summed E-state index contributed by atoms with van der Waals surface area (Å²) < 4.78 is 0. The lowest BCUT2D eigenvalue weighted by molar-refractivity contribution is -0.0286. The van der Waals surface area contributed by atoms with Crippen LogP contribution < -0.4 is 0 Å².